The lowest BCUT2D eigenvalue weighted by molar-refractivity contribution is 0.417. The van der Waals surface area contributed by atoms with E-state index >= 15 is 0 Å². The smallest absolute Gasteiger partial charge is 0.182 e. The van der Waals surface area contributed by atoms with E-state index in [-0.39, 0.29) is 0 Å². The summed E-state index contributed by atoms with van der Waals surface area (Å²) in [7, 11) is 0.676. The van der Waals surface area contributed by atoms with Crippen LogP contribution in [0.1, 0.15) is 0 Å². The Morgan fingerprint density at radius 3 is 2.89 bits per heavy atom. The molecule has 0 aliphatic carbocycles. The van der Waals surface area contributed by atoms with Crippen LogP contribution in [-0.2, 0) is 17.3 Å². The van der Waals surface area contributed by atoms with Crippen molar-refractivity contribution >= 4 is 16.5 Å². The van der Waals surface area contributed by atoms with Gasteiger partial charge >= 0.3 is 0 Å². The highest BCUT2D eigenvalue weighted by molar-refractivity contribution is 7.84. The third-order valence-electron chi connectivity index (χ3n) is 2.61. The number of nitrogen functional groups attached to an aromatic ring is 1. The van der Waals surface area contributed by atoms with Gasteiger partial charge in [-0.2, -0.15) is 0 Å². The summed E-state index contributed by atoms with van der Waals surface area (Å²) in [5, 5.41) is 11.5. The summed E-state index contributed by atoms with van der Waals surface area (Å²) in [5.74, 6) is 1.71. The lowest BCUT2D eigenvalue weighted by Crippen LogP contribution is -2.09. The Labute approximate surface area is 113 Å². The van der Waals surface area contributed by atoms with Crippen molar-refractivity contribution in [3.05, 3.63) is 18.2 Å². The van der Waals surface area contributed by atoms with Gasteiger partial charge in [0.2, 0.25) is 0 Å². The molecular formula is C11H15N5O2S. The summed E-state index contributed by atoms with van der Waals surface area (Å²) >= 11 is 0. The molecule has 102 valence electrons. The number of nitrogens with two attached hydrogens (primary N) is 1. The van der Waals surface area contributed by atoms with E-state index in [1.54, 1.807) is 30.2 Å². The van der Waals surface area contributed by atoms with E-state index in [0.717, 1.165) is 5.56 Å². The van der Waals surface area contributed by atoms with Crippen LogP contribution in [-0.4, -0.2) is 43.5 Å². The van der Waals surface area contributed by atoms with Gasteiger partial charge in [-0.1, -0.05) is 0 Å². The zero-order valence-electron chi connectivity index (χ0n) is 10.7. The molecule has 0 amide bonds. The number of ether oxygens (including phenoxy) is 1. The molecule has 0 radical (unpaired) electrons. The Bertz CT molecular complexity index is 599. The van der Waals surface area contributed by atoms with Gasteiger partial charge in [0.05, 0.1) is 19.3 Å². The Kier molecular flexibility index (Phi) is 4.10. The average Bonchev–Trinajstić information content (AvgIpc) is 2.84. The van der Waals surface area contributed by atoms with Gasteiger partial charge in [-0.25, -0.2) is 4.68 Å². The molecule has 0 saturated carbocycles. The fourth-order valence-corrected chi connectivity index (χ4v) is 2.08. The van der Waals surface area contributed by atoms with Gasteiger partial charge in [0.15, 0.2) is 5.82 Å². The molecule has 1 aromatic heterocycles. The van der Waals surface area contributed by atoms with E-state index in [1.807, 2.05) is 6.07 Å². The Hall–Kier alpha value is -1.96. The normalized spacial score (nSPS) is 12.3. The minimum Gasteiger partial charge on any atom is -0.495 e. The monoisotopic (exact) mass is 281 g/mol. The minimum absolute atomic E-state index is 0.497. The first-order valence-corrected chi connectivity index (χ1v) is 7.34. The molecule has 7 nitrogen and oxygen atoms in total. The average molecular weight is 281 g/mol. The van der Waals surface area contributed by atoms with Gasteiger partial charge in [0.1, 0.15) is 5.75 Å². The second-order valence-electron chi connectivity index (χ2n) is 3.96. The van der Waals surface area contributed by atoms with Crippen LogP contribution in [0.15, 0.2) is 18.2 Å². The quantitative estimate of drug-likeness (QED) is 0.792. The summed E-state index contributed by atoms with van der Waals surface area (Å²) in [6.45, 7) is 0.497. The van der Waals surface area contributed by atoms with E-state index < -0.39 is 10.8 Å². The number of hydrogen-bond donors (Lipinski definition) is 1. The zero-order valence-corrected chi connectivity index (χ0v) is 11.6. The summed E-state index contributed by atoms with van der Waals surface area (Å²) in [6, 6.07) is 5.35. The zero-order chi connectivity index (χ0) is 13.8. The number of aryl methyl sites for hydroxylation is 1. The first-order valence-electron chi connectivity index (χ1n) is 5.62. The molecule has 0 saturated heterocycles. The van der Waals surface area contributed by atoms with Gasteiger partial charge in [-0.15, -0.1) is 5.10 Å². The van der Waals surface area contributed by atoms with Crippen LogP contribution in [0.5, 0.6) is 5.75 Å². The Morgan fingerprint density at radius 1 is 1.47 bits per heavy atom. The van der Waals surface area contributed by atoms with Crippen molar-refractivity contribution < 1.29 is 8.95 Å². The molecule has 2 aromatic rings. The van der Waals surface area contributed by atoms with Crippen LogP contribution in [0.4, 0.5) is 5.69 Å². The minimum atomic E-state index is -0.885. The molecule has 2 N–H and O–H groups in total. The number of tetrazole rings is 1. The Morgan fingerprint density at radius 2 is 2.26 bits per heavy atom. The van der Waals surface area contributed by atoms with E-state index in [0.29, 0.717) is 29.6 Å². The predicted octanol–water partition coefficient (Wildman–Crippen LogP) is 0.309. The maximum Gasteiger partial charge on any atom is 0.182 e. The molecule has 1 unspecified atom stereocenters. The third-order valence-corrected chi connectivity index (χ3v) is 3.37. The first kappa shape index (κ1) is 13.5. The molecular weight excluding hydrogens is 266 g/mol. The SMILES string of the molecule is COc1ccc(-c2nnnn2CCS(C)=O)cc1N. The van der Waals surface area contributed by atoms with Crippen molar-refractivity contribution in [1.29, 1.82) is 0 Å². The van der Waals surface area contributed by atoms with Crippen molar-refractivity contribution in [3.63, 3.8) is 0 Å². The molecule has 1 heterocycles. The summed E-state index contributed by atoms with van der Waals surface area (Å²) in [4.78, 5) is 0. The van der Waals surface area contributed by atoms with Crippen molar-refractivity contribution in [2.45, 2.75) is 6.54 Å². The van der Waals surface area contributed by atoms with Crippen LogP contribution in [0.25, 0.3) is 11.4 Å². The second kappa shape index (κ2) is 5.79. The Balaban J connectivity index is 2.29. The van der Waals surface area contributed by atoms with Crippen LogP contribution in [0.2, 0.25) is 0 Å². The maximum atomic E-state index is 11.1. The standard InChI is InChI=1S/C11H15N5O2S/c1-18-10-4-3-8(7-9(10)12)11-13-14-15-16(11)5-6-19(2)17/h3-4,7H,5-6,12H2,1-2H3. The molecule has 1 aromatic carbocycles. The fourth-order valence-electron chi connectivity index (χ4n) is 1.65. The highest BCUT2D eigenvalue weighted by Crippen LogP contribution is 2.26. The molecule has 0 fully saturated rings. The van der Waals surface area contributed by atoms with Crippen molar-refractivity contribution in [3.8, 4) is 17.1 Å². The molecule has 0 aliphatic heterocycles. The van der Waals surface area contributed by atoms with Gasteiger partial charge in [0, 0.05) is 28.4 Å². The highest BCUT2D eigenvalue weighted by atomic mass is 32.2. The van der Waals surface area contributed by atoms with Gasteiger partial charge in [0.25, 0.3) is 0 Å². The number of aromatic nitrogens is 4. The van der Waals surface area contributed by atoms with E-state index in [2.05, 4.69) is 15.5 Å². The molecule has 2 rings (SSSR count). The van der Waals surface area contributed by atoms with Gasteiger partial charge in [-0.3, -0.25) is 4.21 Å². The highest BCUT2D eigenvalue weighted by Gasteiger charge is 2.11. The summed E-state index contributed by atoms with van der Waals surface area (Å²) in [5.41, 5.74) is 7.18. The third kappa shape index (κ3) is 3.08. The summed E-state index contributed by atoms with van der Waals surface area (Å²) < 4.78 is 17.8. The van der Waals surface area contributed by atoms with E-state index in [1.165, 1.54) is 0 Å². The number of anilines is 1. The number of hydrogen-bond acceptors (Lipinski definition) is 6. The topological polar surface area (TPSA) is 95.9 Å². The number of benzene rings is 1. The molecule has 0 bridgehead atoms. The lowest BCUT2D eigenvalue weighted by atomic mass is 10.2. The van der Waals surface area contributed by atoms with Crippen LogP contribution >= 0.6 is 0 Å². The predicted molar refractivity (Wildman–Crippen MR) is 73.2 cm³/mol. The first-order chi connectivity index (χ1) is 9.11. The number of nitrogens with zero attached hydrogens (tertiary/aromatic N) is 4. The maximum absolute atomic E-state index is 11.1. The summed E-state index contributed by atoms with van der Waals surface area (Å²) in [6.07, 6.45) is 1.65. The molecule has 8 heteroatoms. The van der Waals surface area contributed by atoms with Crippen molar-refractivity contribution in [2.24, 2.45) is 0 Å². The van der Waals surface area contributed by atoms with Gasteiger partial charge in [-0.05, 0) is 28.6 Å². The molecule has 0 spiro atoms. The lowest BCUT2D eigenvalue weighted by Gasteiger charge is -2.07. The van der Waals surface area contributed by atoms with Crippen molar-refractivity contribution in [2.75, 3.05) is 24.9 Å². The van der Waals surface area contributed by atoms with Crippen LogP contribution in [0, 0.1) is 0 Å². The van der Waals surface area contributed by atoms with E-state index in [9.17, 15) is 4.21 Å². The van der Waals surface area contributed by atoms with Gasteiger partial charge < -0.3 is 10.5 Å². The van der Waals surface area contributed by atoms with Crippen LogP contribution < -0.4 is 10.5 Å². The number of methoxy groups -OCH3 is 1. The molecule has 1 atom stereocenters. The largest absolute Gasteiger partial charge is 0.495 e. The fraction of sp³-hybridized carbons (Fsp3) is 0.364. The second-order valence-corrected chi connectivity index (χ2v) is 5.51. The van der Waals surface area contributed by atoms with E-state index in [4.69, 9.17) is 10.5 Å². The number of rotatable bonds is 5. The molecule has 19 heavy (non-hydrogen) atoms. The van der Waals surface area contributed by atoms with Crippen molar-refractivity contribution in [1.82, 2.24) is 20.2 Å². The molecule has 0 aliphatic rings. The van der Waals surface area contributed by atoms with Crippen LogP contribution in [0.3, 0.4) is 0 Å².